The van der Waals surface area contributed by atoms with Crippen LogP contribution in [0.5, 0.6) is 11.5 Å². The molecule has 0 radical (unpaired) electrons. The van der Waals surface area contributed by atoms with E-state index in [-0.39, 0.29) is 10.6 Å². The number of phenols is 1. The van der Waals surface area contributed by atoms with Gasteiger partial charge in [0.05, 0.1) is 5.22 Å². The van der Waals surface area contributed by atoms with Crippen LogP contribution in [0.2, 0.25) is 0 Å². The van der Waals surface area contributed by atoms with Gasteiger partial charge in [0.15, 0.2) is 0 Å². The predicted octanol–water partition coefficient (Wildman–Crippen LogP) is 4.43. The molecule has 3 nitrogen and oxygen atoms in total. The lowest BCUT2D eigenvalue weighted by atomic mass is 9.98. The van der Waals surface area contributed by atoms with E-state index in [4.69, 9.17) is 4.74 Å². The van der Waals surface area contributed by atoms with Crippen molar-refractivity contribution in [1.82, 2.24) is 4.90 Å². The average molecular weight is 436 g/mol. The minimum Gasteiger partial charge on any atom is -0.508 e. The zero-order chi connectivity index (χ0) is 22.9. The van der Waals surface area contributed by atoms with Gasteiger partial charge < -0.3 is 9.84 Å². The molecule has 0 amide bonds. The molecule has 0 saturated heterocycles. The molecule has 0 bridgehead atoms. The zero-order valence-electron chi connectivity index (χ0n) is 19.9. The molecule has 2 aromatic carbocycles. The van der Waals surface area contributed by atoms with Crippen LogP contribution in [0.1, 0.15) is 47.1 Å². The van der Waals surface area contributed by atoms with Crippen molar-refractivity contribution in [3.8, 4) is 23.3 Å². The fourth-order valence-electron chi connectivity index (χ4n) is 3.25. The molecule has 0 aliphatic heterocycles. The highest BCUT2D eigenvalue weighted by molar-refractivity contribution is 6.56. The molecule has 0 aliphatic carbocycles. The van der Waals surface area contributed by atoms with Crippen LogP contribution in [0.3, 0.4) is 0 Å². The molecule has 0 heterocycles. The van der Waals surface area contributed by atoms with Gasteiger partial charge in [-0.1, -0.05) is 54.3 Å². The molecule has 1 N–H and O–H groups in total. The van der Waals surface area contributed by atoms with E-state index in [1.165, 1.54) is 10.8 Å². The number of ether oxygens (including phenoxy) is 1. The molecular formula is C27H37NO2Si. The second-order valence-corrected chi connectivity index (χ2v) is 12.5. The van der Waals surface area contributed by atoms with Gasteiger partial charge in [-0.3, -0.25) is 4.90 Å². The van der Waals surface area contributed by atoms with E-state index in [2.05, 4.69) is 82.6 Å². The molecule has 166 valence electrons. The SMILES string of the molecule is CCN(CC=CC#CC(C)(C)C)Cc1cccc(OC(C)(C)[SiH2]c2ccc(O)cc2)c1. The van der Waals surface area contributed by atoms with Crippen molar-refractivity contribution in [3.63, 3.8) is 0 Å². The number of rotatable bonds is 9. The first-order valence-electron chi connectivity index (χ1n) is 11.0. The normalized spacial score (nSPS) is 12.5. The van der Waals surface area contributed by atoms with Gasteiger partial charge in [0.25, 0.3) is 0 Å². The molecule has 0 saturated carbocycles. The van der Waals surface area contributed by atoms with Gasteiger partial charge in [-0.05, 0) is 77.1 Å². The Hall–Kier alpha value is -2.48. The third-order valence-corrected chi connectivity index (χ3v) is 6.60. The maximum absolute atomic E-state index is 9.50. The Morgan fingerprint density at radius 3 is 2.42 bits per heavy atom. The summed E-state index contributed by atoms with van der Waals surface area (Å²) in [5.41, 5.74) is 1.28. The number of aromatic hydroxyl groups is 1. The minimum absolute atomic E-state index is 0.0359. The van der Waals surface area contributed by atoms with E-state index in [1.807, 2.05) is 24.3 Å². The monoisotopic (exact) mass is 435 g/mol. The first kappa shape index (κ1) is 24.8. The number of phenolic OH excluding ortho intramolecular Hbond substituents is 1. The van der Waals surface area contributed by atoms with Crippen molar-refractivity contribution < 1.29 is 9.84 Å². The zero-order valence-corrected chi connectivity index (χ0v) is 21.3. The Labute approximate surface area is 191 Å². The quantitative estimate of drug-likeness (QED) is 0.467. The van der Waals surface area contributed by atoms with Crippen molar-refractivity contribution >= 4 is 14.7 Å². The summed E-state index contributed by atoms with van der Waals surface area (Å²) in [5.74, 6) is 7.59. The van der Waals surface area contributed by atoms with Crippen LogP contribution < -0.4 is 9.92 Å². The van der Waals surface area contributed by atoms with Crippen LogP contribution in [0.15, 0.2) is 60.7 Å². The molecule has 0 aromatic heterocycles. The van der Waals surface area contributed by atoms with Crippen LogP contribution in [-0.4, -0.2) is 37.8 Å². The molecule has 0 atom stereocenters. The van der Waals surface area contributed by atoms with E-state index in [9.17, 15) is 5.11 Å². The minimum atomic E-state index is -0.674. The number of benzene rings is 2. The van der Waals surface area contributed by atoms with E-state index in [0.717, 1.165) is 25.4 Å². The van der Waals surface area contributed by atoms with E-state index >= 15 is 0 Å². The highest BCUT2D eigenvalue weighted by atomic mass is 28.2. The van der Waals surface area contributed by atoms with Crippen LogP contribution in [0.25, 0.3) is 0 Å². The van der Waals surface area contributed by atoms with Crippen molar-refractivity contribution in [2.45, 2.75) is 53.3 Å². The average Bonchev–Trinajstić information content (AvgIpc) is 2.67. The highest BCUT2D eigenvalue weighted by Crippen LogP contribution is 2.20. The van der Waals surface area contributed by atoms with E-state index < -0.39 is 9.52 Å². The third-order valence-electron chi connectivity index (χ3n) is 4.72. The number of likely N-dealkylation sites (N-methyl/N-ethyl adjacent to an activating group) is 1. The molecule has 4 heteroatoms. The van der Waals surface area contributed by atoms with Gasteiger partial charge in [0, 0.05) is 18.5 Å². The maximum Gasteiger partial charge on any atom is 0.119 e. The Morgan fingerprint density at radius 1 is 1.06 bits per heavy atom. The molecule has 2 rings (SSSR count). The van der Waals surface area contributed by atoms with Gasteiger partial charge in [0.1, 0.15) is 21.0 Å². The van der Waals surface area contributed by atoms with Gasteiger partial charge >= 0.3 is 0 Å². The molecule has 0 spiro atoms. The molecule has 0 unspecified atom stereocenters. The molecule has 0 aliphatic rings. The number of allylic oxidation sites excluding steroid dienone is 1. The fourth-order valence-corrected chi connectivity index (χ4v) is 4.94. The van der Waals surface area contributed by atoms with Crippen molar-refractivity contribution in [2.24, 2.45) is 5.41 Å². The summed E-state index contributed by atoms with van der Waals surface area (Å²) in [7, 11) is -0.674. The van der Waals surface area contributed by atoms with Crippen LogP contribution >= 0.6 is 0 Å². The Morgan fingerprint density at radius 2 is 1.77 bits per heavy atom. The molecule has 0 fully saturated rings. The van der Waals surface area contributed by atoms with E-state index in [1.54, 1.807) is 12.1 Å². The van der Waals surface area contributed by atoms with Crippen molar-refractivity contribution in [2.75, 3.05) is 13.1 Å². The smallest absolute Gasteiger partial charge is 0.119 e. The van der Waals surface area contributed by atoms with Crippen LogP contribution in [-0.2, 0) is 6.54 Å². The fraction of sp³-hybridized carbons (Fsp3) is 0.407. The number of hydrogen-bond donors (Lipinski definition) is 1. The Kier molecular flexibility index (Phi) is 8.97. The maximum atomic E-state index is 9.50. The summed E-state index contributed by atoms with van der Waals surface area (Å²) in [5, 5.41) is 10.6. The highest BCUT2D eigenvalue weighted by Gasteiger charge is 2.21. The lowest BCUT2D eigenvalue weighted by Crippen LogP contribution is -2.42. The van der Waals surface area contributed by atoms with Gasteiger partial charge in [-0.15, -0.1) is 0 Å². The number of nitrogens with zero attached hydrogens (tertiary/aromatic N) is 1. The Bertz CT molecular complexity index is 915. The first-order valence-corrected chi connectivity index (χ1v) is 12.4. The predicted molar refractivity (Wildman–Crippen MR) is 135 cm³/mol. The van der Waals surface area contributed by atoms with Crippen LogP contribution in [0.4, 0.5) is 0 Å². The van der Waals surface area contributed by atoms with Crippen molar-refractivity contribution in [1.29, 1.82) is 0 Å². The van der Waals surface area contributed by atoms with E-state index in [0.29, 0.717) is 5.75 Å². The third kappa shape index (κ3) is 9.91. The standard InChI is InChI=1S/C27H37NO2Si/c1-7-28(19-10-8-9-18-26(2,3)4)21-22-12-11-13-24(20-22)30-27(5,6)31-25-16-14-23(29)15-17-25/h8,10-17,20,29H,7,19,21,31H2,1-6H3. The molecular weight excluding hydrogens is 398 g/mol. The summed E-state index contributed by atoms with van der Waals surface area (Å²) in [6, 6.07) is 15.9. The lowest BCUT2D eigenvalue weighted by molar-refractivity contribution is 0.195. The molecule has 31 heavy (non-hydrogen) atoms. The van der Waals surface area contributed by atoms with Crippen molar-refractivity contribution in [3.05, 3.63) is 66.2 Å². The van der Waals surface area contributed by atoms with Gasteiger partial charge in [0.2, 0.25) is 0 Å². The van der Waals surface area contributed by atoms with Gasteiger partial charge in [-0.2, -0.15) is 0 Å². The molecule has 2 aromatic rings. The second-order valence-electron chi connectivity index (χ2n) is 9.60. The Balaban J connectivity index is 1.97. The largest absolute Gasteiger partial charge is 0.508 e. The summed E-state index contributed by atoms with van der Waals surface area (Å²) < 4.78 is 6.39. The topological polar surface area (TPSA) is 32.7 Å². The summed E-state index contributed by atoms with van der Waals surface area (Å²) in [6.07, 6.45) is 4.10. The van der Waals surface area contributed by atoms with Crippen LogP contribution in [0, 0.1) is 17.3 Å². The summed E-state index contributed by atoms with van der Waals surface area (Å²) in [4.78, 5) is 2.38. The first-order chi connectivity index (χ1) is 14.6. The summed E-state index contributed by atoms with van der Waals surface area (Å²) >= 11 is 0. The number of hydrogen-bond acceptors (Lipinski definition) is 3. The van der Waals surface area contributed by atoms with Gasteiger partial charge in [-0.25, -0.2) is 0 Å². The second kappa shape index (κ2) is 11.2. The summed E-state index contributed by atoms with van der Waals surface area (Å²) in [6.45, 7) is 15.6. The lowest BCUT2D eigenvalue weighted by Gasteiger charge is -2.27.